The molecule has 1 aliphatic heterocycles. The minimum Gasteiger partial charge on any atom is -0.355 e. The molecule has 2 fully saturated rings. The second-order valence-corrected chi connectivity index (χ2v) is 6.53. The summed E-state index contributed by atoms with van der Waals surface area (Å²) in [7, 11) is 2.16. The lowest BCUT2D eigenvalue weighted by Crippen LogP contribution is -2.50. The van der Waals surface area contributed by atoms with Crippen LogP contribution in [0.2, 0.25) is 0 Å². The number of nitrogens with two attached hydrogens (primary N) is 1. The smallest absolute Gasteiger partial charge is 0.224 e. The molecule has 1 saturated heterocycles. The molecule has 0 aromatic heterocycles. The molecule has 3 atom stereocenters. The van der Waals surface area contributed by atoms with Gasteiger partial charge < -0.3 is 16.0 Å². The number of carbonyl (C=O) groups excluding carboxylic acids is 1. The number of piperazine rings is 1. The van der Waals surface area contributed by atoms with Gasteiger partial charge in [0.15, 0.2) is 0 Å². The van der Waals surface area contributed by atoms with Gasteiger partial charge in [-0.1, -0.05) is 13.3 Å². The summed E-state index contributed by atoms with van der Waals surface area (Å²) in [6, 6.07) is 0.0346. The molecule has 0 aromatic carbocycles. The molecule has 1 heterocycles. The molecule has 1 aliphatic carbocycles. The molecule has 3 unspecified atom stereocenters. The fourth-order valence-corrected chi connectivity index (χ4v) is 3.29. The van der Waals surface area contributed by atoms with Gasteiger partial charge in [0, 0.05) is 45.3 Å². The highest BCUT2D eigenvalue weighted by molar-refractivity contribution is 5.79. The van der Waals surface area contributed by atoms with Crippen molar-refractivity contribution in [2.45, 2.75) is 32.2 Å². The van der Waals surface area contributed by atoms with E-state index in [-0.39, 0.29) is 17.9 Å². The van der Waals surface area contributed by atoms with Crippen molar-refractivity contribution < 1.29 is 4.79 Å². The molecule has 1 saturated carbocycles. The predicted molar refractivity (Wildman–Crippen MR) is 81.4 cm³/mol. The molecule has 0 aromatic rings. The van der Waals surface area contributed by atoms with Crippen LogP contribution in [0.25, 0.3) is 0 Å². The van der Waals surface area contributed by atoms with Crippen LogP contribution in [0.3, 0.4) is 0 Å². The molecule has 20 heavy (non-hydrogen) atoms. The number of amides is 1. The predicted octanol–water partition coefficient (Wildman–Crippen LogP) is 0.114. The summed E-state index contributed by atoms with van der Waals surface area (Å²) in [5.74, 6) is 0.654. The SMILES string of the molecule is CC1CCCC(C(=O)NCCN2CCN(C)CC2)C1N. The summed E-state index contributed by atoms with van der Waals surface area (Å²) in [5.41, 5.74) is 6.18. The van der Waals surface area contributed by atoms with Crippen LogP contribution in [0.5, 0.6) is 0 Å². The number of nitrogens with zero attached hydrogens (tertiary/aromatic N) is 2. The molecule has 2 rings (SSSR count). The van der Waals surface area contributed by atoms with E-state index in [9.17, 15) is 4.79 Å². The van der Waals surface area contributed by atoms with Crippen molar-refractivity contribution in [3.63, 3.8) is 0 Å². The lowest BCUT2D eigenvalue weighted by atomic mass is 9.78. The lowest BCUT2D eigenvalue weighted by Gasteiger charge is -2.34. The zero-order valence-electron chi connectivity index (χ0n) is 13.0. The first-order valence-corrected chi connectivity index (χ1v) is 8.02. The van der Waals surface area contributed by atoms with E-state index in [0.29, 0.717) is 5.92 Å². The van der Waals surface area contributed by atoms with Gasteiger partial charge in [-0.15, -0.1) is 0 Å². The number of hydrogen-bond acceptors (Lipinski definition) is 4. The van der Waals surface area contributed by atoms with E-state index in [2.05, 4.69) is 29.1 Å². The molecule has 116 valence electrons. The maximum Gasteiger partial charge on any atom is 0.224 e. The maximum absolute atomic E-state index is 12.2. The van der Waals surface area contributed by atoms with Gasteiger partial charge in [0.25, 0.3) is 0 Å². The normalized spacial score (nSPS) is 33.0. The Hall–Kier alpha value is -0.650. The second-order valence-electron chi connectivity index (χ2n) is 6.53. The van der Waals surface area contributed by atoms with Crippen LogP contribution >= 0.6 is 0 Å². The molecule has 2 aliphatic rings. The first-order chi connectivity index (χ1) is 9.58. The Bertz CT molecular complexity index is 315. The Labute approximate surface area is 122 Å². The third kappa shape index (κ3) is 4.17. The third-order valence-electron chi connectivity index (χ3n) is 4.96. The number of nitrogens with one attached hydrogen (secondary N) is 1. The van der Waals surface area contributed by atoms with E-state index in [1.807, 2.05) is 0 Å². The zero-order chi connectivity index (χ0) is 14.5. The Morgan fingerprint density at radius 3 is 2.65 bits per heavy atom. The van der Waals surface area contributed by atoms with Crippen molar-refractivity contribution in [3.8, 4) is 0 Å². The van der Waals surface area contributed by atoms with E-state index < -0.39 is 0 Å². The largest absolute Gasteiger partial charge is 0.355 e. The summed E-state index contributed by atoms with van der Waals surface area (Å²) >= 11 is 0. The van der Waals surface area contributed by atoms with Crippen LogP contribution in [0.1, 0.15) is 26.2 Å². The zero-order valence-corrected chi connectivity index (χ0v) is 13.0. The summed E-state index contributed by atoms with van der Waals surface area (Å²) in [4.78, 5) is 17.0. The standard InChI is InChI=1S/C15H30N4O/c1-12-4-3-5-13(14(12)16)15(20)17-6-7-19-10-8-18(2)9-11-19/h12-14H,3-11,16H2,1-2H3,(H,17,20). The molecule has 0 bridgehead atoms. The minimum atomic E-state index is 0.0197. The summed E-state index contributed by atoms with van der Waals surface area (Å²) < 4.78 is 0. The van der Waals surface area contributed by atoms with Crippen molar-refractivity contribution in [1.82, 2.24) is 15.1 Å². The highest BCUT2D eigenvalue weighted by Gasteiger charge is 2.32. The summed E-state index contributed by atoms with van der Waals surface area (Å²) in [5, 5.41) is 3.09. The maximum atomic E-state index is 12.2. The minimum absolute atomic E-state index is 0.0197. The van der Waals surface area contributed by atoms with Gasteiger partial charge in [0.2, 0.25) is 5.91 Å². The van der Waals surface area contributed by atoms with E-state index in [1.165, 1.54) is 0 Å². The highest BCUT2D eigenvalue weighted by atomic mass is 16.1. The molecular formula is C15H30N4O. The van der Waals surface area contributed by atoms with Gasteiger partial charge in [-0.3, -0.25) is 9.69 Å². The third-order valence-corrected chi connectivity index (χ3v) is 4.96. The molecule has 5 nitrogen and oxygen atoms in total. The first kappa shape index (κ1) is 15.7. The number of rotatable bonds is 4. The Balaban J connectivity index is 1.67. The van der Waals surface area contributed by atoms with Crippen molar-refractivity contribution in [2.75, 3.05) is 46.3 Å². The van der Waals surface area contributed by atoms with Gasteiger partial charge in [0.05, 0.1) is 5.92 Å². The number of hydrogen-bond donors (Lipinski definition) is 2. The average molecular weight is 282 g/mol. The highest BCUT2D eigenvalue weighted by Crippen LogP contribution is 2.27. The van der Waals surface area contributed by atoms with Crippen molar-refractivity contribution in [3.05, 3.63) is 0 Å². The van der Waals surface area contributed by atoms with Gasteiger partial charge in [-0.2, -0.15) is 0 Å². The summed E-state index contributed by atoms with van der Waals surface area (Å²) in [6.45, 7) is 8.32. The quantitative estimate of drug-likeness (QED) is 0.768. The second kappa shape index (κ2) is 7.38. The molecule has 0 radical (unpaired) electrons. The average Bonchev–Trinajstić information content (AvgIpc) is 2.44. The van der Waals surface area contributed by atoms with E-state index >= 15 is 0 Å². The molecular weight excluding hydrogens is 252 g/mol. The van der Waals surface area contributed by atoms with E-state index in [4.69, 9.17) is 5.73 Å². The Kier molecular flexibility index (Phi) is 5.81. The first-order valence-electron chi connectivity index (χ1n) is 8.02. The van der Waals surface area contributed by atoms with Crippen molar-refractivity contribution in [1.29, 1.82) is 0 Å². The van der Waals surface area contributed by atoms with Crippen LogP contribution in [0, 0.1) is 11.8 Å². The molecule has 1 amide bonds. The number of likely N-dealkylation sites (N-methyl/N-ethyl adjacent to an activating group) is 1. The van der Waals surface area contributed by atoms with E-state index in [1.54, 1.807) is 0 Å². The van der Waals surface area contributed by atoms with Crippen LogP contribution in [-0.4, -0.2) is 68.1 Å². The lowest BCUT2D eigenvalue weighted by molar-refractivity contribution is -0.127. The molecule has 0 spiro atoms. The van der Waals surface area contributed by atoms with Gasteiger partial charge in [-0.25, -0.2) is 0 Å². The van der Waals surface area contributed by atoms with Crippen molar-refractivity contribution in [2.24, 2.45) is 17.6 Å². The summed E-state index contributed by atoms with van der Waals surface area (Å²) in [6.07, 6.45) is 3.24. The van der Waals surface area contributed by atoms with Gasteiger partial charge in [0.1, 0.15) is 0 Å². The van der Waals surface area contributed by atoms with Crippen LogP contribution in [0.15, 0.2) is 0 Å². The van der Waals surface area contributed by atoms with Gasteiger partial charge >= 0.3 is 0 Å². The van der Waals surface area contributed by atoms with Crippen LogP contribution < -0.4 is 11.1 Å². The Morgan fingerprint density at radius 2 is 1.95 bits per heavy atom. The molecule has 5 heteroatoms. The topological polar surface area (TPSA) is 61.6 Å². The Morgan fingerprint density at radius 1 is 1.25 bits per heavy atom. The van der Waals surface area contributed by atoms with Crippen LogP contribution in [-0.2, 0) is 4.79 Å². The fourth-order valence-electron chi connectivity index (χ4n) is 3.29. The number of carbonyl (C=O) groups is 1. The van der Waals surface area contributed by atoms with Gasteiger partial charge in [-0.05, 0) is 25.8 Å². The van der Waals surface area contributed by atoms with Crippen LogP contribution in [0.4, 0.5) is 0 Å². The van der Waals surface area contributed by atoms with Crippen molar-refractivity contribution >= 4 is 5.91 Å². The van der Waals surface area contributed by atoms with E-state index in [0.717, 1.165) is 58.5 Å². The molecule has 3 N–H and O–H groups in total. The monoisotopic (exact) mass is 282 g/mol. The fraction of sp³-hybridized carbons (Fsp3) is 0.933.